The fraction of sp³-hybridized carbons (Fsp3) is 0.154. The molecule has 0 aliphatic heterocycles. The van der Waals surface area contributed by atoms with Crippen LogP contribution in [0.15, 0.2) is 35.6 Å². The lowest BCUT2D eigenvalue weighted by atomic mass is 10.1. The van der Waals surface area contributed by atoms with Gasteiger partial charge in [0.05, 0.1) is 11.6 Å². The molecular weight excluding hydrogens is 249 g/mol. The van der Waals surface area contributed by atoms with E-state index in [2.05, 4.69) is 9.97 Å². The van der Waals surface area contributed by atoms with Gasteiger partial charge in [-0.15, -0.1) is 0 Å². The molecule has 0 saturated heterocycles. The highest BCUT2D eigenvalue weighted by atomic mass is 32.2. The molecule has 90 valence electrons. The summed E-state index contributed by atoms with van der Waals surface area (Å²) in [6.07, 6.45) is 1.68. The Balaban J connectivity index is 2.15. The minimum atomic E-state index is -0.338. The second-order valence-corrected chi connectivity index (χ2v) is 4.63. The molecule has 1 aromatic carbocycles. The van der Waals surface area contributed by atoms with Crippen LogP contribution in [0.2, 0.25) is 0 Å². The zero-order valence-electron chi connectivity index (χ0n) is 9.72. The third-order valence-electron chi connectivity index (χ3n) is 2.32. The molecule has 0 amide bonds. The van der Waals surface area contributed by atoms with Crippen LogP contribution in [-0.4, -0.2) is 9.97 Å². The maximum absolute atomic E-state index is 13.1. The number of halogens is 1. The van der Waals surface area contributed by atoms with Crippen LogP contribution in [0.1, 0.15) is 16.8 Å². The van der Waals surface area contributed by atoms with Crippen molar-refractivity contribution in [2.45, 2.75) is 17.8 Å². The summed E-state index contributed by atoms with van der Waals surface area (Å²) in [5.41, 5.74) is 2.02. The quantitative estimate of drug-likeness (QED) is 0.628. The predicted octanol–water partition coefficient (Wildman–Crippen LogP) is 3.09. The highest BCUT2D eigenvalue weighted by Gasteiger charge is 2.06. The van der Waals surface area contributed by atoms with Gasteiger partial charge in [0.1, 0.15) is 5.82 Å². The van der Waals surface area contributed by atoms with Crippen molar-refractivity contribution >= 4 is 11.8 Å². The van der Waals surface area contributed by atoms with Crippen LogP contribution in [0.3, 0.4) is 0 Å². The van der Waals surface area contributed by atoms with Gasteiger partial charge in [-0.25, -0.2) is 14.4 Å². The summed E-state index contributed by atoms with van der Waals surface area (Å²) >= 11 is 1.39. The molecule has 0 bridgehead atoms. The number of aromatic nitrogens is 2. The number of rotatable bonds is 3. The molecule has 0 spiro atoms. The van der Waals surface area contributed by atoms with Crippen molar-refractivity contribution in [1.82, 2.24) is 9.97 Å². The highest BCUT2D eigenvalue weighted by Crippen LogP contribution is 2.22. The van der Waals surface area contributed by atoms with Gasteiger partial charge in [-0.05, 0) is 36.8 Å². The van der Waals surface area contributed by atoms with Crippen molar-refractivity contribution in [3.63, 3.8) is 0 Å². The van der Waals surface area contributed by atoms with E-state index in [1.54, 1.807) is 6.20 Å². The normalized spacial score (nSPS) is 10.1. The van der Waals surface area contributed by atoms with Gasteiger partial charge < -0.3 is 0 Å². The lowest BCUT2D eigenvalue weighted by Crippen LogP contribution is -1.92. The smallest absolute Gasteiger partial charge is 0.188 e. The van der Waals surface area contributed by atoms with E-state index in [9.17, 15) is 4.39 Å². The highest BCUT2D eigenvalue weighted by molar-refractivity contribution is 7.98. The van der Waals surface area contributed by atoms with E-state index in [0.717, 1.165) is 5.69 Å². The average molecular weight is 259 g/mol. The largest absolute Gasteiger partial charge is 0.231 e. The van der Waals surface area contributed by atoms with Crippen LogP contribution >= 0.6 is 11.8 Å². The Morgan fingerprint density at radius 1 is 1.39 bits per heavy atom. The second-order valence-electron chi connectivity index (χ2n) is 3.68. The Labute approximate surface area is 109 Å². The summed E-state index contributed by atoms with van der Waals surface area (Å²) in [6, 6.07) is 8.01. The van der Waals surface area contributed by atoms with Gasteiger partial charge in [0, 0.05) is 17.6 Å². The van der Waals surface area contributed by atoms with Crippen LogP contribution in [0.25, 0.3) is 0 Å². The van der Waals surface area contributed by atoms with E-state index in [-0.39, 0.29) is 5.82 Å². The first kappa shape index (κ1) is 12.5. The monoisotopic (exact) mass is 259 g/mol. The van der Waals surface area contributed by atoms with Gasteiger partial charge in [-0.2, -0.15) is 5.26 Å². The molecule has 1 heterocycles. The molecular formula is C13H10FN3S. The minimum absolute atomic E-state index is 0.338. The first-order valence-corrected chi connectivity index (χ1v) is 6.28. The Bertz CT molecular complexity index is 607. The van der Waals surface area contributed by atoms with E-state index in [1.807, 2.05) is 19.1 Å². The van der Waals surface area contributed by atoms with Gasteiger partial charge in [0.25, 0.3) is 0 Å². The topological polar surface area (TPSA) is 49.6 Å². The molecule has 0 radical (unpaired) electrons. The maximum atomic E-state index is 13.1. The number of nitrogens with zero attached hydrogens (tertiary/aromatic N) is 3. The SMILES string of the molecule is Cc1ccnc(SCc2cc(F)ccc2C#N)n1. The number of hydrogen-bond acceptors (Lipinski definition) is 4. The van der Waals surface area contributed by atoms with Crippen molar-refractivity contribution in [2.24, 2.45) is 0 Å². The standard InChI is InChI=1S/C13H10FN3S/c1-9-4-5-16-13(17-9)18-8-11-6-12(14)3-2-10(11)7-15/h2-6H,8H2,1H3. The summed E-state index contributed by atoms with van der Waals surface area (Å²) in [5.74, 6) is 0.138. The van der Waals surface area contributed by atoms with Gasteiger partial charge in [0.2, 0.25) is 0 Å². The predicted molar refractivity (Wildman–Crippen MR) is 67.4 cm³/mol. The molecule has 18 heavy (non-hydrogen) atoms. The van der Waals surface area contributed by atoms with E-state index >= 15 is 0 Å². The molecule has 5 heteroatoms. The number of nitriles is 1. The van der Waals surface area contributed by atoms with Crippen LogP contribution in [0, 0.1) is 24.1 Å². The van der Waals surface area contributed by atoms with Crippen LogP contribution in [-0.2, 0) is 5.75 Å². The first-order chi connectivity index (χ1) is 8.69. The third-order valence-corrected chi connectivity index (χ3v) is 3.23. The van der Waals surface area contributed by atoms with E-state index in [0.29, 0.717) is 22.0 Å². The molecule has 1 aromatic heterocycles. The van der Waals surface area contributed by atoms with E-state index < -0.39 is 0 Å². The summed E-state index contributed by atoms with van der Waals surface area (Å²) in [5, 5.41) is 9.57. The minimum Gasteiger partial charge on any atom is -0.231 e. The second kappa shape index (κ2) is 5.61. The molecule has 0 aliphatic rings. The molecule has 2 aromatic rings. The first-order valence-electron chi connectivity index (χ1n) is 5.30. The fourth-order valence-corrected chi connectivity index (χ4v) is 2.30. The molecule has 0 fully saturated rings. The van der Waals surface area contributed by atoms with Crippen molar-refractivity contribution in [3.05, 3.63) is 53.1 Å². The van der Waals surface area contributed by atoms with Crippen LogP contribution in [0.4, 0.5) is 4.39 Å². The summed E-state index contributed by atoms with van der Waals surface area (Å²) < 4.78 is 13.1. The zero-order valence-corrected chi connectivity index (χ0v) is 10.5. The molecule has 0 saturated carbocycles. The van der Waals surface area contributed by atoms with Gasteiger partial charge in [0.15, 0.2) is 5.16 Å². The van der Waals surface area contributed by atoms with E-state index in [4.69, 9.17) is 5.26 Å². The van der Waals surface area contributed by atoms with Crippen LogP contribution < -0.4 is 0 Å². The number of thioether (sulfide) groups is 1. The Morgan fingerprint density at radius 2 is 2.22 bits per heavy atom. The third kappa shape index (κ3) is 3.05. The number of aryl methyl sites for hydroxylation is 1. The Hall–Kier alpha value is -1.93. The molecule has 0 aliphatic carbocycles. The lowest BCUT2D eigenvalue weighted by Gasteiger charge is -2.03. The summed E-state index contributed by atoms with van der Waals surface area (Å²) in [7, 11) is 0. The fourth-order valence-electron chi connectivity index (χ4n) is 1.43. The van der Waals surface area contributed by atoms with Crippen molar-refractivity contribution in [2.75, 3.05) is 0 Å². The van der Waals surface area contributed by atoms with Crippen molar-refractivity contribution in [1.29, 1.82) is 5.26 Å². The zero-order chi connectivity index (χ0) is 13.0. The van der Waals surface area contributed by atoms with Crippen molar-refractivity contribution in [3.8, 4) is 6.07 Å². The van der Waals surface area contributed by atoms with Gasteiger partial charge in [-0.1, -0.05) is 11.8 Å². The number of hydrogen-bond donors (Lipinski definition) is 0. The summed E-state index contributed by atoms with van der Waals surface area (Å²) in [4.78, 5) is 8.35. The Kier molecular flexibility index (Phi) is 3.90. The van der Waals surface area contributed by atoms with Gasteiger partial charge >= 0.3 is 0 Å². The Morgan fingerprint density at radius 3 is 2.94 bits per heavy atom. The van der Waals surface area contributed by atoms with Crippen LogP contribution in [0.5, 0.6) is 0 Å². The molecule has 2 rings (SSSR count). The molecule has 0 atom stereocenters. The lowest BCUT2D eigenvalue weighted by molar-refractivity contribution is 0.626. The van der Waals surface area contributed by atoms with Crippen molar-refractivity contribution < 1.29 is 4.39 Å². The molecule has 0 unspecified atom stereocenters. The maximum Gasteiger partial charge on any atom is 0.188 e. The molecule has 0 N–H and O–H groups in total. The van der Waals surface area contributed by atoms with E-state index in [1.165, 1.54) is 30.0 Å². The number of benzene rings is 1. The molecule has 3 nitrogen and oxygen atoms in total. The summed E-state index contributed by atoms with van der Waals surface area (Å²) in [6.45, 7) is 1.88. The van der Waals surface area contributed by atoms with Gasteiger partial charge in [-0.3, -0.25) is 0 Å². The average Bonchev–Trinajstić information content (AvgIpc) is 2.37.